The van der Waals surface area contributed by atoms with Crippen molar-refractivity contribution in [2.24, 2.45) is 0 Å². The fraction of sp³-hybridized carbons (Fsp3) is 0.500. The van der Waals surface area contributed by atoms with E-state index in [2.05, 4.69) is 14.7 Å². The molecule has 3 heterocycles. The van der Waals surface area contributed by atoms with Crippen molar-refractivity contribution in [1.29, 1.82) is 0 Å². The summed E-state index contributed by atoms with van der Waals surface area (Å²) >= 11 is 0. The van der Waals surface area contributed by atoms with Gasteiger partial charge in [0.25, 0.3) is 5.91 Å². The SMILES string of the molecule is O=C(CN1CCN(C(=O)c2cccc(-c3noc(C(F)(F)F)n3)c2)CC1)N1CCCC1. The van der Waals surface area contributed by atoms with Gasteiger partial charge in [0.05, 0.1) is 6.54 Å². The molecule has 0 atom stereocenters. The third kappa shape index (κ3) is 4.87. The Morgan fingerprint density at radius 3 is 2.35 bits per heavy atom. The van der Waals surface area contributed by atoms with Gasteiger partial charge < -0.3 is 14.3 Å². The van der Waals surface area contributed by atoms with E-state index in [1.807, 2.05) is 9.80 Å². The average molecular weight is 437 g/mol. The Labute approximate surface area is 176 Å². The first-order chi connectivity index (χ1) is 14.8. The smallest absolute Gasteiger partial charge is 0.342 e. The number of rotatable bonds is 4. The van der Waals surface area contributed by atoms with Gasteiger partial charge in [-0.25, -0.2) is 0 Å². The number of hydrogen-bond donors (Lipinski definition) is 0. The van der Waals surface area contributed by atoms with Gasteiger partial charge in [-0.2, -0.15) is 18.2 Å². The van der Waals surface area contributed by atoms with Crippen molar-refractivity contribution in [3.05, 3.63) is 35.7 Å². The third-order valence-corrected chi connectivity index (χ3v) is 5.51. The molecule has 11 heteroatoms. The first-order valence-corrected chi connectivity index (χ1v) is 10.1. The molecule has 1 aromatic heterocycles. The average Bonchev–Trinajstić information content (AvgIpc) is 3.46. The molecule has 1 aromatic carbocycles. The summed E-state index contributed by atoms with van der Waals surface area (Å²) in [5, 5.41) is 3.36. The van der Waals surface area contributed by atoms with E-state index in [9.17, 15) is 22.8 Å². The van der Waals surface area contributed by atoms with Crippen LogP contribution in [-0.4, -0.2) is 82.5 Å². The molecule has 0 saturated carbocycles. The fourth-order valence-corrected chi connectivity index (χ4v) is 3.80. The highest BCUT2D eigenvalue weighted by Crippen LogP contribution is 2.29. The van der Waals surface area contributed by atoms with E-state index in [-0.39, 0.29) is 23.2 Å². The van der Waals surface area contributed by atoms with Crippen LogP contribution in [-0.2, 0) is 11.0 Å². The van der Waals surface area contributed by atoms with Gasteiger partial charge in [-0.15, -0.1) is 0 Å². The lowest BCUT2D eigenvalue weighted by Crippen LogP contribution is -2.51. The predicted molar refractivity (Wildman–Crippen MR) is 103 cm³/mol. The van der Waals surface area contributed by atoms with Crippen LogP contribution >= 0.6 is 0 Å². The van der Waals surface area contributed by atoms with Crippen LogP contribution in [0.3, 0.4) is 0 Å². The van der Waals surface area contributed by atoms with E-state index in [1.165, 1.54) is 12.1 Å². The van der Waals surface area contributed by atoms with Crippen LogP contribution in [0.15, 0.2) is 28.8 Å². The highest BCUT2D eigenvalue weighted by Gasteiger charge is 2.38. The Hall–Kier alpha value is -2.95. The largest absolute Gasteiger partial charge is 0.471 e. The van der Waals surface area contributed by atoms with Crippen LogP contribution in [0.5, 0.6) is 0 Å². The number of piperazine rings is 1. The third-order valence-electron chi connectivity index (χ3n) is 5.51. The van der Waals surface area contributed by atoms with Gasteiger partial charge in [0.15, 0.2) is 0 Å². The Bertz CT molecular complexity index is 948. The molecule has 2 saturated heterocycles. The number of alkyl halides is 3. The molecule has 0 N–H and O–H groups in total. The Kier molecular flexibility index (Phi) is 5.94. The molecule has 31 heavy (non-hydrogen) atoms. The maximum Gasteiger partial charge on any atom is 0.471 e. The molecule has 4 rings (SSSR count). The zero-order valence-corrected chi connectivity index (χ0v) is 16.8. The summed E-state index contributed by atoms with van der Waals surface area (Å²) in [6.45, 7) is 4.11. The molecule has 0 bridgehead atoms. The summed E-state index contributed by atoms with van der Waals surface area (Å²) in [6.07, 6.45) is -2.63. The molecule has 0 radical (unpaired) electrons. The molecule has 0 unspecified atom stereocenters. The van der Waals surface area contributed by atoms with Crippen molar-refractivity contribution < 1.29 is 27.3 Å². The van der Waals surface area contributed by atoms with Crippen LogP contribution in [0, 0.1) is 0 Å². The van der Waals surface area contributed by atoms with Crippen LogP contribution in [0.25, 0.3) is 11.4 Å². The number of aromatic nitrogens is 2. The minimum atomic E-state index is -4.73. The zero-order valence-electron chi connectivity index (χ0n) is 16.8. The molecule has 8 nitrogen and oxygen atoms in total. The summed E-state index contributed by atoms with van der Waals surface area (Å²) in [7, 11) is 0. The van der Waals surface area contributed by atoms with Crippen LogP contribution in [0.4, 0.5) is 13.2 Å². The van der Waals surface area contributed by atoms with Gasteiger partial charge in [-0.3, -0.25) is 14.5 Å². The lowest BCUT2D eigenvalue weighted by atomic mass is 10.1. The lowest BCUT2D eigenvalue weighted by molar-refractivity contribution is -0.159. The van der Waals surface area contributed by atoms with E-state index in [0.29, 0.717) is 38.3 Å². The first kappa shape index (κ1) is 21.3. The number of carbonyl (C=O) groups is 2. The van der Waals surface area contributed by atoms with E-state index >= 15 is 0 Å². The topological polar surface area (TPSA) is 82.8 Å². The molecule has 2 amide bonds. The van der Waals surface area contributed by atoms with E-state index in [1.54, 1.807) is 17.0 Å². The first-order valence-electron chi connectivity index (χ1n) is 10.1. The van der Waals surface area contributed by atoms with Gasteiger partial charge >= 0.3 is 12.1 Å². The summed E-state index contributed by atoms with van der Waals surface area (Å²) in [5.41, 5.74) is 0.595. The minimum absolute atomic E-state index is 0.128. The summed E-state index contributed by atoms with van der Waals surface area (Å²) in [6, 6.07) is 6.14. The van der Waals surface area contributed by atoms with E-state index < -0.39 is 12.1 Å². The van der Waals surface area contributed by atoms with Crippen molar-refractivity contribution in [3.8, 4) is 11.4 Å². The molecule has 0 spiro atoms. The number of carbonyl (C=O) groups excluding carboxylic acids is 2. The maximum absolute atomic E-state index is 12.9. The lowest BCUT2D eigenvalue weighted by Gasteiger charge is -2.35. The Morgan fingerprint density at radius 2 is 1.71 bits per heavy atom. The van der Waals surface area contributed by atoms with Gasteiger partial charge in [-0.05, 0) is 25.0 Å². The van der Waals surface area contributed by atoms with E-state index in [4.69, 9.17) is 0 Å². The van der Waals surface area contributed by atoms with Crippen LogP contribution < -0.4 is 0 Å². The number of halogens is 3. The molecule has 2 aromatic rings. The van der Waals surface area contributed by atoms with Gasteiger partial charge in [0, 0.05) is 50.4 Å². The van der Waals surface area contributed by atoms with Gasteiger partial charge in [-0.1, -0.05) is 17.3 Å². The van der Waals surface area contributed by atoms with Crippen LogP contribution in [0.1, 0.15) is 29.1 Å². The number of benzene rings is 1. The minimum Gasteiger partial charge on any atom is -0.342 e. The Balaban J connectivity index is 1.36. The van der Waals surface area contributed by atoms with Crippen molar-refractivity contribution in [3.63, 3.8) is 0 Å². The Morgan fingerprint density at radius 1 is 1.00 bits per heavy atom. The molecule has 166 valence electrons. The van der Waals surface area contributed by atoms with Crippen molar-refractivity contribution in [2.75, 3.05) is 45.8 Å². The number of hydrogen-bond acceptors (Lipinski definition) is 6. The second-order valence-corrected chi connectivity index (χ2v) is 7.66. The second-order valence-electron chi connectivity index (χ2n) is 7.66. The maximum atomic E-state index is 12.9. The summed E-state index contributed by atoms with van der Waals surface area (Å²) < 4.78 is 42.3. The fourth-order valence-electron chi connectivity index (χ4n) is 3.80. The predicted octanol–water partition coefficient (Wildman–Crippen LogP) is 2.14. The number of amides is 2. The number of nitrogens with zero attached hydrogens (tertiary/aromatic N) is 5. The molecule has 0 aliphatic carbocycles. The van der Waals surface area contributed by atoms with Crippen molar-refractivity contribution in [1.82, 2.24) is 24.8 Å². The standard InChI is InChI=1S/C20H22F3N5O3/c21-20(22,23)19-24-17(25-31-19)14-4-3-5-15(12-14)18(30)28-10-8-26(9-11-28)13-16(29)27-6-1-2-7-27/h3-5,12H,1-2,6-11,13H2. The monoisotopic (exact) mass is 437 g/mol. The highest BCUT2D eigenvalue weighted by atomic mass is 19.4. The summed E-state index contributed by atoms with van der Waals surface area (Å²) in [4.78, 5) is 34.1. The molecule has 2 fully saturated rings. The van der Waals surface area contributed by atoms with Crippen LogP contribution in [0.2, 0.25) is 0 Å². The summed E-state index contributed by atoms with van der Waals surface area (Å²) in [5.74, 6) is -1.76. The molecular formula is C20H22F3N5O3. The van der Waals surface area contributed by atoms with Gasteiger partial charge in [0.1, 0.15) is 0 Å². The normalized spacial score (nSPS) is 17.9. The van der Waals surface area contributed by atoms with Crippen molar-refractivity contribution >= 4 is 11.8 Å². The zero-order chi connectivity index (χ0) is 22.0. The van der Waals surface area contributed by atoms with E-state index in [0.717, 1.165) is 25.9 Å². The number of likely N-dealkylation sites (tertiary alicyclic amines) is 1. The van der Waals surface area contributed by atoms with Crippen molar-refractivity contribution in [2.45, 2.75) is 19.0 Å². The highest BCUT2D eigenvalue weighted by molar-refractivity contribution is 5.95. The molecular weight excluding hydrogens is 415 g/mol. The quantitative estimate of drug-likeness (QED) is 0.729. The second kappa shape index (κ2) is 8.66. The van der Waals surface area contributed by atoms with Gasteiger partial charge in [0.2, 0.25) is 11.7 Å². The molecule has 2 aliphatic heterocycles. The molecule has 2 aliphatic rings.